The normalized spacial score (nSPS) is 11.6. The van der Waals surface area contributed by atoms with Crippen LogP contribution in [0.15, 0.2) is 41.5 Å². The zero-order chi connectivity index (χ0) is 13.5. The van der Waals surface area contributed by atoms with Crippen LogP contribution in [0, 0.1) is 0 Å². The quantitative estimate of drug-likeness (QED) is 0.252. The van der Waals surface area contributed by atoms with Crippen LogP contribution in [0.5, 0.6) is 0 Å². The Morgan fingerprint density at radius 3 is 3.05 bits per heavy atom. The van der Waals surface area contributed by atoms with Crippen LogP contribution in [0.2, 0.25) is 0 Å². The number of nitrogens with two attached hydrogens (primary N) is 1. The van der Waals surface area contributed by atoms with Gasteiger partial charge < -0.3 is 10.1 Å². The minimum Gasteiger partial charge on any atom is -0.383 e. The number of pyridine rings is 1. The number of methoxy groups -OCH3 is 1. The third kappa shape index (κ3) is 3.40. The Bertz CT molecular complexity index is 564. The van der Waals surface area contributed by atoms with E-state index in [1.807, 2.05) is 30.3 Å². The summed E-state index contributed by atoms with van der Waals surface area (Å²) in [6, 6.07) is 9.73. The number of ether oxygens (including phenoxy) is 1. The number of nitrogens with zero attached hydrogens (tertiary/aromatic N) is 2. The Morgan fingerprint density at radius 1 is 1.37 bits per heavy atom. The lowest BCUT2D eigenvalue weighted by Crippen LogP contribution is -2.36. The molecule has 6 heteroatoms. The average molecular weight is 259 g/mol. The second-order valence-electron chi connectivity index (χ2n) is 3.87. The van der Waals surface area contributed by atoms with Crippen LogP contribution in [0.3, 0.4) is 0 Å². The zero-order valence-corrected chi connectivity index (χ0v) is 10.8. The molecule has 0 aliphatic heterocycles. The molecule has 0 amide bonds. The van der Waals surface area contributed by atoms with Crippen molar-refractivity contribution in [3.05, 3.63) is 36.5 Å². The third-order valence-electron chi connectivity index (χ3n) is 2.60. The van der Waals surface area contributed by atoms with Crippen LogP contribution in [-0.4, -0.2) is 31.2 Å². The summed E-state index contributed by atoms with van der Waals surface area (Å²) < 4.78 is 4.94. The van der Waals surface area contributed by atoms with E-state index in [4.69, 9.17) is 10.6 Å². The van der Waals surface area contributed by atoms with Crippen molar-refractivity contribution in [2.75, 3.05) is 25.6 Å². The lowest BCUT2D eigenvalue weighted by molar-refractivity contribution is 0.208. The standard InChI is InChI=1S/C13H17N5O/c1-19-9-8-16-13(18-14)17-12-6-2-5-11-10(12)4-3-7-15-11/h2-7H,8-9,14H2,1H3,(H2,16,17,18). The summed E-state index contributed by atoms with van der Waals surface area (Å²) in [6.45, 7) is 1.08. The number of aliphatic imine (C=N–C) groups is 1. The molecule has 0 atom stereocenters. The number of rotatable bonds is 4. The van der Waals surface area contributed by atoms with E-state index in [1.165, 1.54) is 0 Å². The first-order valence-electron chi connectivity index (χ1n) is 5.96. The van der Waals surface area contributed by atoms with Gasteiger partial charge in [0.05, 0.1) is 24.4 Å². The van der Waals surface area contributed by atoms with E-state index < -0.39 is 0 Å². The van der Waals surface area contributed by atoms with Crippen LogP contribution in [0.25, 0.3) is 10.9 Å². The summed E-state index contributed by atoms with van der Waals surface area (Å²) in [5.74, 6) is 5.94. The Kier molecular flexibility index (Phi) is 4.66. The molecule has 0 radical (unpaired) electrons. The van der Waals surface area contributed by atoms with Gasteiger partial charge in [-0.1, -0.05) is 6.07 Å². The van der Waals surface area contributed by atoms with Gasteiger partial charge in [0, 0.05) is 18.7 Å². The van der Waals surface area contributed by atoms with E-state index in [-0.39, 0.29) is 0 Å². The molecule has 0 saturated carbocycles. The van der Waals surface area contributed by atoms with Crippen LogP contribution in [0.1, 0.15) is 0 Å². The fourth-order valence-corrected chi connectivity index (χ4v) is 1.71. The molecule has 1 heterocycles. The number of hydrazine groups is 1. The van der Waals surface area contributed by atoms with Crippen molar-refractivity contribution in [1.29, 1.82) is 0 Å². The summed E-state index contributed by atoms with van der Waals surface area (Å²) in [5.41, 5.74) is 4.36. The topological polar surface area (TPSA) is 84.6 Å². The molecule has 1 aromatic carbocycles. The molecule has 4 N–H and O–H groups in total. The van der Waals surface area contributed by atoms with E-state index >= 15 is 0 Å². The fraction of sp³-hybridized carbons (Fsp3) is 0.231. The molecule has 1 aromatic heterocycles. The van der Waals surface area contributed by atoms with E-state index in [0.717, 1.165) is 16.6 Å². The Hall–Kier alpha value is -2.18. The predicted molar refractivity (Wildman–Crippen MR) is 76.9 cm³/mol. The van der Waals surface area contributed by atoms with Gasteiger partial charge in [0.25, 0.3) is 0 Å². The van der Waals surface area contributed by atoms with Gasteiger partial charge in [-0.15, -0.1) is 0 Å². The summed E-state index contributed by atoms with van der Waals surface area (Å²) >= 11 is 0. The first-order valence-corrected chi connectivity index (χ1v) is 5.96. The van der Waals surface area contributed by atoms with Crippen molar-refractivity contribution < 1.29 is 4.74 Å². The Morgan fingerprint density at radius 2 is 2.26 bits per heavy atom. The second kappa shape index (κ2) is 6.67. The minimum atomic E-state index is 0.494. The van der Waals surface area contributed by atoms with Crippen LogP contribution < -0.4 is 16.6 Å². The average Bonchev–Trinajstić information content (AvgIpc) is 2.46. The van der Waals surface area contributed by atoms with Crippen LogP contribution >= 0.6 is 0 Å². The number of guanidine groups is 1. The lowest BCUT2D eigenvalue weighted by Gasteiger charge is -2.11. The van der Waals surface area contributed by atoms with E-state index in [0.29, 0.717) is 19.1 Å². The molecule has 0 fully saturated rings. The zero-order valence-electron chi connectivity index (χ0n) is 10.8. The highest BCUT2D eigenvalue weighted by Crippen LogP contribution is 2.20. The molecule has 6 nitrogen and oxygen atoms in total. The van der Waals surface area contributed by atoms with E-state index in [2.05, 4.69) is 20.7 Å². The summed E-state index contributed by atoms with van der Waals surface area (Å²) in [5, 5.41) is 4.16. The smallest absolute Gasteiger partial charge is 0.210 e. The van der Waals surface area contributed by atoms with Gasteiger partial charge in [-0.25, -0.2) is 10.8 Å². The molecule has 2 aromatic rings. The van der Waals surface area contributed by atoms with Crippen molar-refractivity contribution in [3.63, 3.8) is 0 Å². The van der Waals surface area contributed by atoms with Crippen molar-refractivity contribution in [2.24, 2.45) is 10.8 Å². The van der Waals surface area contributed by atoms with E-state index in [1.54, 1.807) is 13.3 Å². The van der Waals surface area contributed by atoms with Crippen molar-refractivity contribution in [1.82, 2.24) is 10.4 Å². The van der Waals surface area contributed by atoms with Crippen molar-refractivity contribution in [3.8, 4) is 0 Å². The highest BCUT2D eigenvalue weighted by atomic mass is 16.5. The van der Waals surface area contributed by atoms with Gasteiger partial charge in [-0.3, -0.25) is 10.4 Å². The molecule has 0 spiro atoms. The highest BCUT2D eigenvalue weighted by Gasteiger charge is 2.03. The molecule has 2 rings (SSSR count). The van der Waals surface area contributed by atoms with Gasteiger partial charge >= 0.3 is 0 Å². The molecular formula is C13H17N5O. The fourth-order valence-electron chi connectivity index (χ4n) is 1.71. The largest absolute Gasteiger partial charge is 0.383 e. The number of anilines is 1. The molecule has 0 aliphatic carbocycles. The predicted octanol–water partition coefficient (Wildman–Crippen LogP) is 1.11. The van der Waals surface area contributed by atoms with Gasteiger partial charge in [0.15, 0.2) is 0 Å². The first-order chi connectivity index (χ1) is 9.35. The van der Waals surface area contributed by atoms with E-state index in [9.17, 15) is 0 Å². The third-order valence-corrected chi connectivity index (χ3v) is 2.60. The number of hydrogen-bond donors (Lipinski definition) is 3. The van der Waals surface area contributed by atoms with Crippen molar-refractivity contribution >= 4 is 22.5 Å². The lowest BCUT2D eigenvalue weighted by atomic mass is 10.2. The maximum atomic E-state index is 5.45. The summed E-state index contributed by atoms with van der Waals surface area (Å²) in [7, 11) is 1.63. The summed E-state index contributed by atoms with van der Waals surface area (Å²) in [4.78, 5) is 8.56. The molecule has 100 valence electrons. The molecule has 0 bridgehead atoms. The maximum absolute atomic E-state index is 5.45. The van der Waals surface area contributed by atoms with Gasteiger partial charge in [0.2, 0.25) is 5.96 Å². The minimum absolute atomic E-state index is 0.494. The molecule has 0 saturated heterocycles. The Labute approximate surface area is 111 Å². The number of hydrogen-bond acceptors (Lipinski definition) is 4. The van der Waals surface area contributed by atoms with Crippen LogP contribution in [-0.2, 0) is 4.74 Å². The second-order valence-corrected chi connectivity index (χ2v) is 3.87. The SMILES string of the molecule is COCCN=C(NN)Nc1cccc2ncccc12. The number of aromatic nitrogens is 1. The van der Waals surface area contributed by atoms with Gasteiger partial charge in [0.1, 0.15) is 0 Å². The molecule has 19 heavy (non-hydrogen) atoms. The number of nitrogens with one attached hydrogen (secondary N) is 2. The van der Waals surface area contributed by atoms with Gasteiger partial charge in [-0.2, -0.15) is 0 Å². The monoisotopic (exact) mass is 259 g/mol. The summed E-state index contributed by atoms with van der Waals surface area (Å²) in [6.07, 6.45) is 1.76. The number of benzene rings is 1. The van der Waals surface area contributed by atoms with Gasteiger partial charge in [-0.05, 0) is 24.3 Å². The highest BCUT2D eigenvalue weighted by molar-refractivity contribution is 6.02. The van der Waals surface area contributed by atoms with Crippen LogP contribution in [0.4, 0.5) is 5.69 Å². The van der Waals surface area contributed by atoms with Crippen molar-refractivity contribution in [2.45, 2.75) is 0 Å². The first kappa shape index (κ1) is 13.3. The Balaban J connectivity index is 2.22. The molecule has 0 aliphatic rings. The molecule has 0 unspecified atom stereocenters. The number of fused-ring (bicyclic) bond motifs is 1. The maximum Gasteiger partial charge on any atom is 0.210 e. The molecular weight excluding hydrogens is 242 g/mol.